The van der Waals surface area contributed by atoms with Crippen LogP contribution in [0.1, 0.15) is 24.2 Å². The molecular formula is C18H17N5O3. The molecule has 0 aliphatic carbocycles. The maximum absolute atomic E-state index is 12.4. The summed E-state index contributed by atoms with van der Waals surface area (Å²) in [6.07, 6.45) is 0.733. The van der Waals surface area contributed by atoms with Gasteiger partial charge in [-0.05, 0) is 48.5 Å². The number of carbonyl (C=O) groups excluding carboxylic acids is 2. The van der Waals surface area contributed by atoms with Crippen LogP contribution in [-0.2, 0) is 4.79 Å². The molecule has 1 aromatic heterocycles. The smallest absolute Gasteiger partial charge is 0.265 e. The van der Waals surface area contributed by atoms with Crippen LogP contribution in [0.4, 0.5) is 5.69 Å². The zero-order chi connectivity index (χ0) is 18.5. The van der Waals surface area contributed by atoms with E-state index < -0.39 is 6.10 Å². The number of hydrogen-bond donors (Lipinski definition) is 1. The van der Waals surface area contributed by atoms with Crippen molar-refractivity contribution in [1.82, 2.24) is 20.2 Å². The van der Waals surface area contributed by atoms with Gasteiger partial charge in [0.15, 0.2) is 11.9 Å². The highest BCUT2D eigenvalue weighted by Gasteiger charge is 2.16. The Balaban J connectivity index is 1.67. The molecule has 0 unspecified atom stereocenters. The Morgan fingerprint density at radius 2 is 1.96 bits per heavy atom. The van der Waals surface area contributed by atoms with Crippen molar-refractivity contribution in [3.8, 4) is 11.4 Å². The van der Waals surface area contributed by atoms with E-state index in [4.69, 9.17) is 4.74 Å². The van der Waals surface area contributed by atoms with Crippen molar-refractivity contribution in [3.63, 3.8) is 0 Å². The fraction of sp³-hybridized carbons (Fsp3) is 0.167. The van der Waals surface area contributed by atoms with Crippen LogP contribution in [0.5, 0.6) is 5.75 Å². The quantitative estimate of drug-likeness (QED) is 0.684. The number of nitrogens with zero attached hydrogens (tertiary/aromatic N) is 4. The van der Waals surface area contributed by atoms with E-state index in [2.05, 4.69) is 20.8 Å². The molecule has 0 aliphatic rings. The zero-order valence-corrected chi connectivity index (χ0v) is 14.3. The van der Waals surface area contributed by atoms with Crippen molar-refractivity contribution in [2.45, 2.75) is 20.0 Å². The second-order valence-electron chi connectivity index (χ2n) is 5.64. The molecule has 3 rings (SSSR count). The van der Waals surface area contributed by atoms with E-state index in [9.17, 15) is 9.59 Å². The molecule has 2 aromatic carbocycles. The first-order valence-electron chi connectivity index (χ1n) is 7.95. The number of Topliss-reactive ketones (excluding diaryl/α,β-unsaturated/α-hetero) is 1. The van der Waals surface area contributed by atoms with Gasteiger partial charge in [0.1, 0.15) is 12.1 Å². The number of anilines is 1. The third-order valence-electron chi connectivity index (χ3n) is 3.65. The lowest BCUT2D eigenvalue weighted by Gasteiger charge is -2.15. The first kappa shape index (κ1) is 17.3. The van der Waals surface area contributed by atoms with Crippen LogP contribution in [0.15, 0.2) is 54.9 Å². The van der Waals surface area contributed by atoms with Gasteiger partial charge in [0.25, 0.3) is 5.91 Å². The fourth-order valence-electron chi connectivity index (χ4n) is 2.30. The van der Waals surface area contributed by atoms with Gasteiger partial charge >= 0.3 is 0 Å². The number of hydrogen-bond acceptors (Lipinski definition) is 6. The Kier molecular flexibility index (Phi) is 5.02. The van der Waals surface area contributed by atoms with E-state index in [0.717, 1.165) is 0 Å². The minimum absolute atomic E-state index is 0.0650. The van der Waals surface area contributed by atoms with Gasteiger partial charge in [-0.1, -0.05) is 18.2 Å². The van der Waals surface area contributed by atoms with Gasteiger partial charge < -0.3 is 10.1 Å². The molecule has 0 fully saturated rings. The average molecular weight is 351 g/mol. The second kappa shape index (κ2) is 7.56. The molecule has 1 amide bonds. The average Bonchev–Trinajstić information content (AvgIpc) is 3.17. The summed E-state index contributed by atoms with van der Waals surface area (Å²) in [5.41, 5.74) is 1.79. The standard InChI is InChI=1S/C18H17N5O3/c1-12(24)14-5-3-6-15(9-14)20-18(25)13(2)26-17-8-4-7-16(10-17)23-11-19-21-22-23/h3-11,13H,1-2H3,(H,20,25)/t13-/m1/s1. The van der Waals surface area contributed by atoms with E-state index >= 15 is 0 Å². The van der Waals surface area contributed by atoms with Gasteiger partial charge in [0.2, 0.25) is 0 Å². The molecule has 0 spiro atoms. The van der Waals surface area contributed by atoms with Crippen LogP contribution in [0.2, 0.25) is 0 Å². The Bertz CT molecular complexity index is 924. The summed E-state index contributed by atoms with van der Waals surface area (Å²) in [5.74, 6) is 0.126. The number of amides is 1. The molecule has 3 aromatic rings. The molecule has 0 saturated carbocycles. The molecule has 0 aliphatic heterocycles. The van der Waals surface area contributed by atoms with Crippen molar-refractivity contribution in [2.75, 3.05) is 5.32 Å². The van der Waals surface area contributed by atoms with Gasteiger partial charge in [0, 0.05) is 17.3 Å². The summed E-state index contributed by atoms with van der Waals surface area (Å²) in [5, 5.41) is 13.7. The molecule has 132 valence electrons. The van der Waals surface area contributed by atoms with Crippen molar-refractivity contribution in [3.05, 3.63) is 60.4 Å². The predicted octanol–water partition coefficient (Wildman–Crippen LogP) is 2.27. The molecular weight excluding hydrogens is 334 g/mol. The molecule has 1 atom stereocenters. The number of aromatic nitrogens is 4. The SMILES string of the molecule is CC(=O)c1cccc(NC(=O)[C@@H](C)Oc2cccc(-n3cnnn3)c2)c1. The maximum Gasteiger partial charge on any atom is 0.265 e. The van der Waals surface area contributed by atoms with E-state index in [1.54, 1.807) is 49.4 Å². The summed E-state index contributed by atoms with van der Waals surface area (Å²) in [6, 6.07) is 13.8. The first-order chi connectivity index (χ1) is 12.5. The number of ether oxygens (including phenoxy) is 1. The summed E-state index contributed by atoms with van der Waals surface area (Å²) < 4.78 is 7.19. The predicted molar refractivity (Wildman–Crippen MR) is 94.3 cm³/mol. The summed E-state index contributed by atoms with van der Waals surface area (Å²) >= 11 is 0. The molecule has 26 heavy (non-hydrogen) atoms. The number of tetrazole rings is 1. The van der Waals surface area contributed by atoms with Crippen molar-refractivity contribution in [1.29, 1.82) is 0 Å². The molecule has 8 nitrogen and oxygen atoms in total. The molecule has 1 heterocycles. The highest BCUT2D eigenvalue weighted by molar-refractivity contribution is 5.98. The third-order valence-corrected chi connectivity index (χ3v) is 3.65. The normalized spacial score (nSPS) is 11.6. The fourth-order valence-corrected chi connectivity index (χ4v) is 2.30. The summed E-state index contributed by atoms with van der Waals surface area (Å²) in [6.45, 7) is 3.12. The lowest BCUT2D eigenvalue weighted by Crippen LogP contribution is -2.30. The van der Waals surface area contributed by atoms with Crippen LogP contribution in [0.3, 0.4) is 0 Å². The second-order valence-corrected chi connectivity index (χ2v) is 5.64. The Labute approximate surface area is 149 Å². The maximum atomic E-state index is 12.4. The van der Waals surface area contributed by atoms with Crippen molar-refractivity contribution < 1.29 is 14.3 Å². The Morgan fingerprint density at radius 1 is 1.15 bits per heavy atom. The molecule has 8 heteroatoms. The topological polar surface area (TPSA) is 99.0 Å². The van der Waals surface area contributed by atoms with Crippen LogP contribution < -0.4 is 10.1 Å². The summed E-state index contributed by atoms with van der Waals surface area (Å²) in [4.78, 5) is 23.8. The molecule has 0 radical (unpaired) electrons. The number of rotatable bonds is 6. The van der Waals surface area contributed by atoms with Gasteiger partial charge in [-0.25, -0.2) is 4.68 Å². The van der Waals surface area contributed by atoms with Crippen molar-refractivity contribution in [2.24, 2.45) is 0 Å². The zero-order valence-electron chi connectivity index (χ0n) is 14.3. The minimum Gasteiger partial charge on any atom is -0.481 e. The molecule has 0 bridgehead atoms. The number of nitrogens with one attached hydrogen (secondary N) is 1. The van der Waals surface area contributed by atoms with Crippen LogP contribution in [-0.4, -0.2) is 38.0 Å². The van der Waals surface area contributed by atoms with Crippen LogP contribution in [0, 0.1) is 0 Å². The van der Waals surface area contributed by atoms with Crippen LogP contribution in [0.25, 0.3) is 5.69 Å². The number of ketones is 1. The monoisotopic (exact) mass is 351 g/mol. The third kappa shape index (κ3) is 4.10. The van der Waals surface area contributed by atoms with E-state index in [0.29, 0.717) is 22.7 Å². The largest absolute Gasteiger partial charge is 0.481 e. The first-order valence-corrected chi connectivity index (χ1v) is 7.95. The number of benzene rings is 2. The molecule has 0 saturated heterocycles. The van der Waals surface area contributed by atoms with E-state index in [-0.39, 0.29) is 11.7 Å². The van der Waals surface area contributed by atoms with Gasteiger partial charge in [-0.15, -0.1) is 5.10 Å². The highest BCUT2D eigenvalue weighted by Crippen LogP contribution is 2.18. The summed E-state index contributed by atoms with van der Waals surface area (Å²) in [7, 11) is 0. The molecule has 1 N–H and O–H groups in total. The minimum atomic E-state index is -0.736. The van der Waals surface area contributed by atoms with Gasteiger partial charge in [-0.2, -0.15) is 0 Å². The van der Waals surface area contributed by atoms with Gasteiger partial charge in [0.05, 0.1) is 5.69 Å². The lowest BCUT2D eigenvalue weighted by atomic mass is 10.1. The number of carbonyl (C=O) groups is 2. The van der Waals surface area contributed by atoms with E-state index in [1.807, 2.05) is 6.07 Å². The lowest BCUT2D eigenvalue weighted by molar-refractivity contribution is -0.122. The highest BCUT2D eigenvalue weighted by atomic mass is 16.5. The van der Waals surface area contributed by atoms with Crippen molar-refractivity contribution >= 4 is 17.4 Å². The van der Waals surface area contributed by atoms with Gasteiger partial charge in [-0.3, -0.25) is 9.59 Å². The van der Waals surface area contributed by atoms with Crippen LogP contribution >= 0.6 is 0 Å². The Hall–Kier alpha value is -3.55. The Morgan fingerprint density at radius 3 is 2.69 bits per heavy atom. The van der Waals surface area contributed by atoms with E-state index in [1.165, 1.54) is 17.9 Å².